The lowest BCUT2D eigenvalue weighted by atomic mass is 10.0. The minimum atomic E-state index is 0.321. The fourth-order valence-corrected chi connectivity index (χ4v) is 3.38. The van der Waals surface area contributed by atoms with Gasteiger partial charge in [0.15, 0.2) is 0 Å². The van der Waals surface area contributed by atoms with Gasteiger partial charge in [-0.15, -0.1) is 11.3 Å². The Balaban J connectivity index is 1.95. The van der Waals surface area contributed by atoms with Crippen molar-refractivity contribution in [1.29, 1.82) is 0 Å². The molecule has 1 fully saturated rings. The number of nitrogens with one attached hydrogen (secondary N) is 1. The molecule has 0 bridgehead atoms. The monoisotopic (exact) mass is 247 g/mol. The highest BCUT2D eigenvalue weighted by atomic mass is 32.1. The summed E-state index contributed by atoms with van der Waals surface area (Å²) in [6, 6.07) is 2.52. The standard InChI is InChI=1S/C13H17N3S/c1-12(2)11(13(12,3)4)16-10-9-8(5-6-17-9)14-7-15-10/h5-7,11H,1-4H3,(H,14,15,16). The van der Waals surface area contributed by atoms with Crippen molar-refractivity contribution < 1.29 is 0 Å². The number of thiophene rings is 1. The zero-order valence-corrected chi connectivity index (χ0v) is 11.4. The Morgan fingerprint density at radius 2 is 1.88 bits per heavy atom. The van der Waals surface area contributed by atoms with Gasteiger partial charge in [-0.05, 0) is 22.3 Å². The lowest BCUT2D eigenvalue weighted by molar-refractivity contribution is 0.457. The van der Waals surface area contributed by atoms with Crippen LogP contribution in [0.3, 0.4) is 0 Å². The molecule has 0 aliphatic heterocycles. The van der Waals surface area contributed by atoms with Gasteiger partial charge in [0.05, 0.1) is 10.2 Å². The van der Waals surface area contributed by atoms with E-state index in [1.165, 1.54) is 0 Å². The van der Waals surface area contributed by atoms with Gasteiger partial charge in [-0.3, -0.25) is 0 Å². The van der Waals surface area contributed by atoms with E-state index in [0.717, 1.165) is 16.0 Å². The molecule has 1 saturated carbocycles. The van der Waals surface area contributed by atoms with Gasteiger partial charge in [-0.25, -0.2) is 9.97 Å². The molecule has 0 saturated heterocycles. The first-order valence-electron chi connectivity index (χ1n) is 5.89. The van der Waals surface area contributed by atoms with Crippen molar-refractivity contribution in [2.45, 2.75) is 33.7 Å². The van der Waals surface area contributed by atoms with Crippen LogP contribution in [0.5, 0.6) is 0 Å². The van der Waals surface area contributed by atoms with E-state index in [1.54, 1.807) is 17.7 Å². The van der Waals surface area contributed by atoms with Gasteiger partial charge in [0.25, 0.3) is 0 Å². The van der Waals surface area contributed by atoms with Gasteiger partial charge in [0, 0.05) is 6.04 Å². The quantitative estimate of drug-likeness (QED) is 0.882. The Morgan fingerprint density at radius 1 is 1.18 bits per heavy atom. The maximum Gasteiger partial charge on any atom is 0.147 e. The minimum absolute atomic E-state index is 0.321. The van der Waals surface area contributed by atoms with Crippen LogP contribution in [0.15, 0.2) is 17.8 Å². The molecule has 17 heavy (non-hydrogen) atoms. The van der Waals surface area contributed by atoms with Crippen LogP contribution < -0.4 is 5.32 Å². The van der Waals surface area contributed by atoms with E-state index in [9.17, 15) is 0 Å². The van der Waals surface area contributed by atoms with E-state index in [0.29, 0.717) is 16.9 Å². The number of hydrogen-bond donors (Lipinski definition) is 1. The molecule has 0 radical (unpaired) electrons. The lowest BCUT2D eigenvalue weighted by Gasteiger charge is -2.07. The van der Waals surface area contributed by atoms with Crippen molar-refractivity contribution in [2.75, 3.05) is 5.32 Å². The first-order valence-corrected chi connectivity index (χ1v) is 6.77. The Hall–Kier alpha value is -1.16. The molecule has 2 aromatic heterocycles. The maximum atomic E-state index is 4.38. The summed E-state index contributed by atoms with van der Waals surface area (Å²) in [7, 11) is 0. The molecule has 1 aliphatic rings. The van der Waals surface area contributed by atoms with E-state index in [-0.39, 0.29) is 0 Å². The number of aromatic nitrogens is 2. The van der Waals surface area contributed by atoms with Crippen LogP contribution in [-0.4, -0.2) is 16.0 Å². The van der Waals surface area contributed by atoms with Crippen molar-refractivity contribution in [3.63, 3.8) is 0 Å². The van der Waals surface area contributed by atoms with Crippen LogP contribution in [-0.2, 0) is 0 Å². The molecular formula is C13H17N3S. The smallest absolute Gasteiger partial charge is 0.147 e. The van der Waals surface area contributed by atoms with E-state index in [2.05, 4.69) is 48.4 Å². The van der Waals surface area contributed by atoms with Crippen LogP contribution in [0.2, 0.25) is 0 Å². The van der Waals surface area contributed by atoms with Gasteiger partial charge >= 0.3 is 0 Å². The van der Waals surface area contributed by atoms with Crippen LogP contribution in [0.4, 0.5) is 5.82 Å². The normalized spacial score (nSPS) is 21.6. The molecule has 0 unspecified atom stereocenters. The van der Waals surface area contributed by atoms with Gasteiger partial charge in [-0.2, -0.15) is 0 Å². The largest absolute Gasteiger partial charge is 0.365 e. The Bertz CT molecular complexity index is 557. The molecule has 0 spiro atoms. The van der Waals surface area contributed by atoms with Crippen molar-refractivity contribution in [1.82, 2.24) is 9.97 Å². The fourth-order valence-electron chi connectivity index (χ4n) is 2.59. The third-order valence-electron chi connectivity index (χ3n) is 4.54. The molecule has 1 N–H and O–H groups in total. The van der Waals surface area contributed by atoms with E-state index in [1.807, 2.05) is 6.07 Å². The summed E-state index contributed by atoms with van der Waals surface area (Å²) in [5.74, 6) is 0.980. The second-order valence-corrected chi connectivity index (χ2v) is 6.79. The van der Waals surface area contributed by atoms with E-state index in [4.69, 9.17) is 0 Å². The second-order valence-electron chi connectivity index (χ2n) is 5.88. The van der Waals surface area contributed by atoms with E-state index < -0.39 is 0 Å². The number of anilines is 1. The van der Waals surface area contributed by atoms with Crippen molar-refractivity contribution in [3.8, 4) is 0 Å². The second kappa shape index (κ2) is 3.19. The molecule has 0 amide bonds. The van der Waals surface area contributed by atoms with Crippen molar-refractivity contribution >= 4 is 27.4 Å². The number of hydrogen-bond acceptors (Lipinski definition) is 4. The molecular weight excluding hydrogens is 230 g/mol. The number of nitrogens with zero attached hydrogens (tertiary/aromatic N) is 2. The molecule has 90 valence electrons. The molecule has 3 rings (SSSR count). The minimum Gasteiger partial charge on any atom is -0.365 e. The van der Waals surface area contributed by atoms with Gasteiger partial charge < -0.3 is 5.32 Å². The van der Waals surface area contributed by atoms with Crippen LogP contribution >= 0.6 is 11.3 Å². The predicted molar refractivity (Wildman–Crippen MR) is 72.4 cm³/mol. The fraction of sp³-hybridized carbons (Fsp3) is 0.538. The highest BCUT2D eigenvalue weighted by Crippen LogP contribution is 2.63. The highest BCUT2D eigenvalue weighted by molar-refractivity contribution is 7.17. The topological polar surface area (TPSA) is 37.8 Å². The first-order chi connectivity index (χ1) is 7.94. The maximum absolute atomic E-state index is 4.38. The summed E-state index contributed by atoms with van der Waals surface area (Å²) >= 11 is 1.70. The zero-order chi connectivity index (χ0) is 12.3. The lowest BCUT2D eigenvalue weighted by Crippen LogP contribution is -2.11. The SMILES string of the molecule is CC1(C)C(Nc2ncnc3ccsc23)C1(C)C. The Kier molecular flexibility index (Phi) is 2.06. The van der Waals surface area contributed by atoms with Crippen molar-refractivity contribution in [3.05, 3.63) is 17.8 Å². The molecule has 4 heteroatoms. The van der Waals surface area contributed by atoms with Gasteiger partial charge in [0.2, 0.25) is 0 Å². The van der Waals surface area contributed by atoms with Gasteiger partial charge in [-0.1, -0.05) is 27.7 Å². The predicted octanol–water partition coefficient (Wildman–Crippen LogP) is 3.54. The first kappa shape index (κ1) is 11.0. The Labute approximate surface area is 105 Å². The summed E-state index contributed by atoms with van der Waals surface area (Å²) in [5.41, 5.74) is 1.67. The summed E-state index contributed by atoms with van der Waals surface area (Å²) in [4.78, 5) is 8.64. The molecule has 3 nitrogen and oxygen atoms in total. The molecule has 0 atom stereocenters. The average Bonchev–Trinajstić information content (AvgIpc) is 2.68. The van der Waals surface area contributed by atoms with E-state index >= 15 is 0 Å². The molecule has 0 aromatic carbocycles. The van der Waals surface area contributed by atoms with Crippen LogP contribution in [0.25, 0.3) is 10.2 Å². The molecule has 1 aliphatic carbocycles. The summed E-state index contributed by atoms with van der Waals surface area (Å²) in [6.07, 6.45) is 1.64. The third kappa shape index (κ3) is 1.40. The molecule has 2 heterocycles. The van der Waals surface area contributed by atoms with Crippen LogP contribution in [0.1, 0.15) is 27.7 Å². The third-order valence-corrected chi connectivity index (χ3v) is 5.46. The average molecular weight is 247 g/mol. The Morgan fingerprint density at radius 3 is 2.53 bits per heavy atom. The van der Waals surface area contributed by atoms with Crippen molar-refractivity contribution in [2.24, 2.45) is 10.8 Å². The molecule has 2 aromatic rings. The van der Waals surface area contributed by atoms with Crippen LogP contribution in [0, 0.1) is 10.8 Å². The number of fused-ring (bicyclic) bond motifs is 1. The summed E-state index contributed by atoms with van der Waals surface area (Å²) in [5, 5.41) is 5.65. The number of rotatable bonds is 2. The zero-order valence-electron chi connectivity index (χ0n) is 10.6. The highest BCUT2D eigenvalue weighted by Gasteiger charge is 2.65. The summed E-state index contributed by atoms with van der Waals surface area (Å²) in [6.45, 7) is 9.21. The van der Waals surface area contributed by atoms with Gasteiger partial charge in [0.1, 0.15) is 12.1 Å². The summed E-state index contributed by atoms with van der Waals surface area (Å²) < 4.78 is 1.16.